The third-order valence-electron chi connectivity index (χ3n) is 2.73. The summed E-state index contributed by atoms with van der Waals surface area (Å²) in [5.41, 5.74) is 1.30. The second kappa shape index (κ2) is 7.15. The summed E-state index contributed by atoms with van der Waals surface area (Å²) in [6.07, 6.45) is 6.25. The molecule has 2 heteroatoms. The normalized spacial score (nSPS) is 10.2. The fourth-order valence-corrected chi connectivity index (χ4v) is 1.77. The fraction of sp³-hybridized carbons (Fsp3) is 0.571. The maximum absolute atomic E-state index is 5.24. The lowest BCUT2D eigenvalue weighted by Crippen LogP contribution is -1.92. The minimum absolute atomic E-state index is 0.879. The van der Waals surface area contributed by atoms with E-state index in [-0.39, 0.29) is 0 Å². The molecule has 0 amide bonds. The monoisotopic (exact) mass is 222 g/mol. The van der Waals surface area contributed by atoms with Crippen LogP contribution >= 0.6 is 0 Å². The lowest BCUT2D eigenvalue weighted by atomic mass is 10.1. The molecule has 0 aromatic heterocycles. The van der Waals surface area contributed by atoms with Crippen LogP contribution in [0, 0.1) is 0 Å². The van der Waals surface area contributed by atoms with Crippen molar-refractivity contribution in [3.05, 3.63) is 23.8 Å². The molecule has 0 aliphatic heterocycles. The molecule has 1 aromatic rings. The number of hydrogen-bond acceptors (Lipinski definition) is 2. The van der Waals surface area contributed by atoms with Crippen LogP contribution in [0.3, 0.4) is 0 Å². The Morgan fingerprint density at radius 2 is 1.50 bits per heavy atom. The molecule has 1 rings (SSSR count). The summed E-state index contributed by atoms with van der Waals surface area (Å²) in [7, 11) is 3.38. The highest BCUT2D eigenvalue weighted by molar-refractivity contribution is 5.38. The van der Waals surface area contributed by atoms with Gasteiger partial charge in [0.15, 0.2) is 0 Å². The molecule has 2 nitrogen and oxygen atoms in total. The van der Waals surface area contributed by atoms with Gasteiger partial charge in [0.25, 0.3) is 0 Å². The Kier molecular flexibility index (Phi) is 5.76. The highest BCUT2D eigenvalue weighted by Gasteiger charge is 2.01. The molecule has 1 aromatic carbocycles. The number of ether oxygens (including phenoxy) is 2. The Balaban J connectivity index is 2.57. The largest absolute Gasteiger partial charge is 0.497 e. The average Bonchev–Trinajstić information content (AvgIpc) is 2.34. The molecular weight excluding hydrogens is 200 g/mol. The first kappa shape index (κ1) is 12.9. The summed E-state index contributed by atoms with van der Waals surface area (Å²) in [6, 6.07) is 6.10. The van der Waals surface area contributed by atoms with Crippen molar-refractivity contribution < 1.29 is 9.47 Å². The van der Waals surface area contributed by atoms with Crippen LogP contribution in [0.5, 0.6) is 11.5 Å². The summed E-state index contributed by atoms with van der Waals surface area (Å²) in [5, 5.41) is 0. The van der Waals surface area contributed by atoms with Gasteiger partial charge in [0, 0.05) is 6.07 Å². The zero-order valence-corrected chi connectivity index (χ0v) is 10.6. The molecule has 0 aliphatic carbocycles. The Morgan fingerprint density at radius 3 is 2.00 bits per heavy atom. The summed E-state index contributed by atoms with van der Waals surface area (Å²) < 4.78 is 10.5. The molecule has 0 radical (unpaired) electrons. The van der Waals surface area contributed by atoms with Crippen molar-refractivity contribution in [1.82, 2.24) is 0 Å². The van der Waals surface area contributed by atoms with Crippen LogP contribution in [0.4, 0.5) is 0 Å². The topological polar surface area (TPSA) is 18.5 Å². The van der Waals surface area contributed by atoms with Crippen molar-refractivity contribution in [3.8, 4) is 11.5 Å². The van der Waals surface area contributed by atoms with Crippen molar-refractivity contribution in [2.45, 2.75) is 39.0 Å². The lowest BCUT2D eigenvalue weighted by Gasteiger charge is -2.08. The van der Waals surface area contributed by atoms with E-state index in [0.29, 0.717) is 0 Å². The highest BCUT2D eigenvalue weighted by atomic mass is 16.5. The van der Waals surface area contributed by atoms with E-state index in [1.165, 1.54) is 31.2 Å². The molecule has 0 saturated carbocycles. The first-order chi connectivity index (χ1) is 7.80. The molecule has 0 heterocycles. The molecule has 0 N–H and O–H groups in total. The van der Waals surface area contributed by atoms with Crippen molar-refractivity contribution in [1.29, 1.82) is 0 Å². The first-order valence-corrected chi connectivity index (χ1v) is 6.02. The number of unbranched alkanes of at least 4 members (excludes halogenated alkanes) is 3. The van der Waals surface area contributed by atoms with Gasteiger partial charge < -0.3 is 9.47 Å². The SMILES string of the molecule is CCCCCCc1cc(OC)cc(OC)c1. The van der Waals surface area contributed by atoms with Crippen molar-refractivity contribution in [3.63, 3.8) is 0 Å². The van der Waals surface area contributed by atoms with Gasteiger partial charge in [-0.05, 0) is 30.5 Å². The van der Waals surface area contributed by atoms with Gasteiger partial charge in [-0.1, -0.05) is 26.2 Å². The van der Waals surface area contributed by atoms with Crippen LogP contribution in [0.2, 0.25) is 0 Å². The van der Waals surface area contributed by atoms with E-state index >= 15 is 0 Å². The van der Waals surface area contributed by atoms with E-state index in [9.17, 15) is 0 Å². The Hall–Kier alpha value is -1.18. The second-order valence-corrected chi connectivity index (χ2v) is 4.03. The van der Waals surface area contributed by atoms with Gasteiger partial charge in [0.05, 0.1) is 14.2 Å². The van der Waals surface area contributed by atoms with E-state index in [0.717, 1.165) is 17.9 Å². The maximum atomic E-state index is 5.24. The molecule has 0 unspecified atom stereocenters. The van der Waals surface area contributed by atoms with Gasteiger partial charge in [-0.2, -0.15) is 0 Å². The van der Waals surface area contributed by atoms with Crippen molar-refractivity contribution in [2.24, 2.45) is 0 Å². The Bertz CT molecular complexity index is 285. The van der Waals surface area contributed by atoms with Gasteiger partial charge in [-0.25, -0.2) is 0 Å². The number of methoxy groups -OCH3 is 2. The Morgan fingerprint density at radius 1 is 0.875 bits per heavy atom. The van der Waals surface area contributed by atoms with E-state index in [2.05, 4.69) is 19.1 Å². The molecule has 0 fully saturated rings. The third kappa shape index (κ3) is 4.13. The molecular formula is C14H22O2. The zero-order valence-electron chi connectivity index (χ0n) is 10.6. The number of rotatable bonds is 7. The molecule has 0 spiro atoms. The number of aryl methyl sites for hydroxylation is 1. The highest BCUT2D eigenvalue weighted by Crippen LogP contribution is 2.23. The van der Waals surface area contributed by atoms with Crippen molar-refractivity contribution in [2.75, 3.05) is 14.2 Å². The van der Waals surface area contributed by atoms with E-state index in [4.69, 9.17) is 9.47 Å². The van der Waals surface area contributed by atoms with Gasteiger partial charge >= 0.3 is 0 Å². The van der Waals surface area contributed by atoms with Crippen LogP contribution in [0.1, 0.15) is 38.2 Å². The van der Waals surface area contributed by atoms with Crippen LogP contribution < -0.4 is 9.47 Å². The first-order valence-electron chi connectivity index (χ1n) is 6.02. The van der Waals surface area contributed by atoms with E-state index < -0.39 is 0 Å². The minimum atomic E-state index is 0.879. The summed E-state index contributed by atoms with van der Waals surface area (Å²) in [6.45, 7) is 2.23. The lowest BCUT2D eigenvalue weighted by molar-refractivity contribution is 0.393. The zero-order chi connectivity index (χ0) is 11.8. The van der Waals surface area contributed by atoms with Gasteiger partial charge in [-0.15, -0.1) is 0 Å². The fourth-order valence-electron chi connectivity index (χ4n) is 1.77. The van der Waals surface area contributed by atoms with Crippen LogP contribution in [0.25, 0.3) is 0 Å². The summed E-state index contributed by atoms with van der Waals surface area (Å²) in [5.74, 6) is 1.76. The molecule has 0 atom stereocenters. The summed E-state index contributed by atoms with van der Waals surface area (Å²) >= 11 is 0. The number of hydrogen-bond donors (Lipinski definition) is 0. The van der Waals surface area contributed by atoms with Crippen LogP contribution in [-0.4, -0.2) is 14.2 Å². The minimum Gasteiger partial charge on any atom is -0.497 e. The van der Waals surface area contributed by atoms with Gasteiger partial charge in [0.1, 0.15) is 11.5 Å². The molecule has 90 valence electrons. The second-order valence-electron chi connectivity index (χ2n) is 4.03. The summed E-state index contributed by atoms with van der Waals surface area (Å²) in [4.78, 5) is 0. The molecule has 16 heavy (non-hydrogen) atoms. The Labute approximate surface area is 98.6 Å². The standard InChI is InChI=1S/C14H22O2/c1-4-5-6-7-8-12-9-13(15-2)11-14(10-12)16-3/h9-11H,4-8H2,1-3H3. The van der Waals surface area contributed by atoms with Crippen LogP contribution in [-0.2, 0) is 6.42 Å². The quantitative estimate of drug-likeness (QED) is 0.653. The van der Waals surface area contributed by atoms with E-state index in [1.807, 2.05) is 6.07 Å². The maximum Gasteiger partial charge on any atom is 0.122 e. The smallest absolute Gasteiger partial charge is 0.122 e. The molecule has 0 aliphatic rings. The molecule has 0 saturated heterocycles. The number of benzene rings is 1. The van der Waals surface area contributed by atoms with Crippen molar-refractivity contribution >= 4 is 0 Å². The van der Waals surface area contributed by atoms with E-state index in [1.54, 1.807) is 14.2 Å². The average molecular weight is 222 g/mol. The predicted octanol–water partition coefficient (Wildman–Crippen LogP) is 3.83. The molecule has 0 bridgehead atoms. The third-order valence-corrected chi connectivity index (χ3v) is 2.73. The van der Waals surface area contributed by atoms with Gasteiger partial charge in [-0.3, -0.25) is 0 Å². The predicted molar refractivity (Wildman–Crippen MR) is 67.4 cm³/mol. The van der Waals surface area contributed by atoms with Crippen LogP contribution in [0.15, 0.2) is 18.2 Å². The van der Waals surface area contributed by atoms with Gasteiger partial charge in [0.2, 0.25) is 0 Å².